The lowest BCUT2D eigenvalue weighted by molar-refractivity contribution is 0.466. The lowest BCUT2D eigenvalue weighted by atomic mass is 10.2. The van der Waals surface area contributed by atoms with E-state index < -0.39 is 10.0 Å². The van der Waals surface area contributed by atoms with Crippen LogP contribution >= 0.6 is 11.3 Å². The molecule has 2 rings (SSSR count). The van der Waals surface area contributed by atoms with Crippen LogP contribution in [0.5, 0.6) is 0 Å². The van der Waals surface area contributed by atoms with E-state index in [0.717, 1.165) is 12.0 Å². The average molecular weight is 260 g/mol. The summed E-state index contributed by atoms with van der Waals surface area (Å²) in [5.41, 5.74) is 6.37. The van der Waals surface area contributed by atoms with Crippen molar-refractivity contribution in [2.24, 2.45) is 11.7 Å². The molecule has 1 saturated heterocycles. The fraction of sp³-hybridized carbons (Fsp3) is 0.600. The SMILES string of the molecule is CC1CCN(S(=O)(=O)c2cc(CN)cs2)C1. The van der Waals surface area contributed by atoms with E-state index in [0.29, 0.717) is 29.8 Å². The summed E-state index contributed by atoms with van der Waals surface area (Å²) in [7, 11) is -3.26. The maximum Gasteiger partial charge on any atom is 0.252 e. The first kappa shape index (κ1) is 12.0. The number of thiophene rings is 1. The molecule has 1 aliphatic heterocycles. The van der Waals surface area contributed by atoms with Gasteiger partial charge in [-0.3, -0.25) is 0 Å². The van der Waals surface area contributed by atoms with Gasteiger partial charge in [0.05, 0.1) is 0 Å². The minimum absolute atomic E-state index is 0.391. The normalized spacial score (nSPS) is 22.8. The molecule has 0 bridgehead atoms. The molecule has 2 heterocycles. The first-order chi connectivity index (χ1) is 7.54. The minimum atomic E-state index is -3.26. The molecule has 0 saturated carbocycles. The van der Waals surface area contributed by atoms with Crippen molar-refractivity contribution in [2.75, 3.05) is 13.1 Å². The molecule has 1 unspecified atom stereocenters. The van der Waals surface area contributed by atoms with Gasteiger partial charge in [0.25, 0.3) is 10.0 Å². The number of sulfonamides is 1. The molecule has 1 aromatic heterocycles. The molecule has 0 aromatic carbocycles. The largest absolute Gasteiger partial charge is 0.326 e. The van der Waals surface area contributed by atoms with E-state index in [-0.39, 0.29) is 0 Å². The second-order valence-electron chi connectivity index (χ2n) is 4.24. The van der Waals surface area contributed by atoms with Gasteiger partial charge >= 0.3 is 0 Å². The van der Waals surface area contributed by atoms with Gasteiger partial charge in [0.2, 0.25) is 0 Å². The van der Waals surface area contributed by atoms with Crippen molar-refractivity contribution in [1.82, 2.24) is 4.31 Å². The molecule has 1 aromatic rings. The predicted octanol–water partition coefficient (Wildman–Crippen LogP) is 1.24. The number of hydrogen-bond acceptors (Lipinski definition) is 4. The van der Waals surface area contributed by atoms with Crippen molar-refractivity contribution >= 4 is 21.4 Å². The molecule has 16 heavy (non-hydrogen) atoms. The Kier molecular flexibility index (Phi) is 3.34. The average Bonchev–Trinajstić information content (AvgIpc) is 2.85. The Bertz CT molecular complexity index is 467. The Morgan fingerprint density at radius 2 is 2.38 bits per heavy atom. The first-order valence-corrected chi connectivity index (χ1v) is 7.63. The van der Waals surface area contributed by atoms with Crippen LogP contribution in [-0.2, 0) is 16.6 Å². The van der Waals surface area contributed by atoms with Crippen LogP contribution in [0.15, 0.2) is 15.7 Å². The quantitative estimate of drug-likeness (QED) is 0.889. The van der Waals surface area contributed by atoms with Crippen LogP contribution in [0.4, 0.5) is 0 Å². The lowest BCUT2D eigenvalue weighted by Crippen LogP contribution is -2.28. The van der Waals surface area contributed by atoms with Gasteiger partial charge in [-0.2, -0.15) is 4.31 Å². The van der Waals surface area contributed by atoms with Crippen LogP contribution in [-0.4, -0.2) is 25.8 Å². The summed E-state index contributed by atoms with van der Waals surface area (Å²) in [5, 5.41) is 1.81. The molecule has 1 aliphatic rings. The Hall–Kier alpha value is -0.430. The van der Waals surface area contributed by atoms with Gasteiger partial charge in [0.1, 0.15) is 4.21 Å². The van der Waals surface area contributed by atoms with Gasteiger partial charge < -0.3 is 5.73 Å². The maximum atomic E-state index is 12.2. The molecule has 6 heteroatoms. The number of nitrogens with two attached hydrogens (primary N) is 1. The van der Waals surface area contributed by atoms with E-state index in [1.807, 2.05) is 5.38 Å². The van der Waals surface area contributed by atoms with Crippen molar-refractivity contribution < 1.29 is 8.42 Å². The summed E-state index contributed by atoms with van der Waals surface area (Å²) in [6.45, 7) is 3.75. The highest BCUT2D eigenvalue weighted by Crippen LogP contribution is 2.28. The third kappa shape index (κ3) is 2.15. The molecule has 1 fully saturated rings. The molecular formula is C10H16N2O2S2. The number of nitrogens with zero attached hydrogens (tertiary/aromatic N) is 1. The summed E-state index contributed by atoms with van der Waals surface area (Å²) in [4.78, 5) is 0. The highest BCUT2D eigenvalue weighted by Gasteiger charge is 2.31. The van der Waals surface area contributed by atoms with E-state index in [1.54, 1.807) is 10.4 Å². The van der Waals surface area contributed by atoms with E-state index in [9.17, 15) is 8.42 Å². The summed E-state index contributed by atoms with van der Waals surface area (Å²) in [5.74, 6) is 0.462. The van der Waals surface area contributed by atoms with Gasteiger partial charge in [0, 0.05) is 19.6 Å². The third-order valence-electron chi connectivity index (χ3n) is 2.85. The molecule has 0 radical (unpaired) electrons. The van der Waals surface area contributed by atoms with Gasteiger partial charge in [-0.05, 0) is 29.3 Å². The molecule has 90 valence electrons. The maximum absolute atomic E-state index is 12.2. The Balaban J connectivity index is 2.25. The Labute approximate surface area is 100 Å². The van der Waals surface area contributed by atoms with Crippen LogP contribution in [0, 0.1) is 5.92 Å². The van der Waals surface area contributed by atoms with Crippen LogP contribution in [0.2, 0.25) is 0 Å². The van der Waals surface area contributed by atoms with Crippen LogP contribution in [0.25, 0.3) is 0 Å². The molecule has 0 spiro atoms. The van der Waals surface area contributed by atoms with Crippen molar-refractivity contribution in [2.45, 2.75) is 24.1 Å². The minimum Gasteiger partial charge on any atom is -0.326 e. The summed E-state index contributed by atoms with van der Waals surface area (Å²) < 4.78 is 26.4. The van der Waals surface area contributed by atoms with Crippen molar-refractivity contribution in [3.8, 4) is 0 Å². The fourth-order valence-electron chi connectivity index (χ4n) is 1.84. The number of rotatable bonds is 3. The first-order valence-electron chi connectivity index (χ1n) is 5.31. The molecule has 1 atom stereocenters. The fourth-order valence-corrected chi connectivity index (χ4v) is 4.79. The Morgan fingerprint density at radius 3 is 2.88 bits per heavy atom. The zero-order valence-electron chi connectivity index (χ0n) is 9.22. The van der Waals surface area contributed by atoms with Crippen molar-refractivity contribution in [3.63, 3.8) is 0 Å². The van der Waals surface area contributed by atoms with Crippen molar-refractivity contribution in [1.29, 1.82) is 0 Å². The summed E-state index contributed by atoms with van der Waals surface area (Å²) in [6, 6.07) is 1.68. The highest BCUT2D eigenvalue weighted by atomic mass is 32.2. The van der Waals surface area contributed by atoms with Gasteiger partial charge in [0.15, 0.2) is 0 Å². The van der Waals surface area contributed by atoms with Crippen molar-refractivity contribution in [3.05, 3.63) is 17.0 Å². The second-order valence-corrected chi connectivity index (χ2v) is 7.31. The second kappa shape index (κ2) is 4.44. The monoisotopic (exact) mass is 260 g/mol. The van der Waals surface area contributed by atoms with Gasteiger partial charge in [-0.15, -0.1) is 11.3 Å². The van der Waals surface area contributed by atoms with Gasteiger partial charge in [-0.25, -0.2) is 8.42 Å². The molecule has 0 amide bonds. The number of hydrogen-bond donors (Lipinski definition) is 1. The van der Waals surface area contributed by atoms with E-state index >= 15 is 0 Å². The Morgan fingerprint density at radius 1 is 1.62 bits per heavy atom. The van der Waals surface area contributed by atoms with E-state index in [2.05, 4.69) is 6.92 Å². The van der Waals surface area contributed by atoms with Crippen LogP contribution in [0.1, 0.15) is 18.9 Å². The van der Waals surface area contributed by atoms with E-state index in [4.69, 9.17) is 5.73 Å². The highest BCUT2D eigenvalue weighted by molar-refractivity contribution is 7.91. The van der Waals surface area contributed by atoms with Crippen LogP contribution in [0.3, 0.4) is 0 Å². The van der Waals surface area contributed by atoms with Crippen LogP contribution < -0.4 is 5.73 Å². The smallest absolute Gasteiger partial charge is 0.252 e. The molecule has 2 N–H and O–H groups in total. The topological polar surface area (TPSA) is 63.4 Å². The molecule has 0 aliphatic carbocycles. The summed E-state index contributed by atoms with van der Waals surface area (Å²) in [6.07, 6.45) is 0.953. The van der Waals surface area contributed by atoms with E-state index in [1.165, 1.54) is 11.3 Å². The molecular weight excluding hydrogens is 244 g/mol. The third-order valence-corrected chi connectivity index (χ3v) is 6.18. The lowest BCUT2D eigenvalue weighted by Gasteiger charge is -2.14. The zero-order chi connectivity index (χ0) is 11.8. The van der Waals surface area contributed by atoms with Gasteiger partial charge in [-0.1, -0.05) is 6.92 Å². The standard InChI is InChI=1S/C10H16N2O2S2/c1-8-2-3-12(6-8)16(13,14)10-4-9(5-11)7-15-10/h4,7-8H,2-3,5-6,11H2,1H3. The summed E-state index contributed by atoms with van der Waals surface area (Å²) >= 11 is 1.26. The predicted molar refractivity (Wildman–Crippen MR) is 64.8 cm³/mol. The zero-order valence-corrected chi connectivity index (χ0v) is 10.9. The molecule has 4 nitrogen and oxygen atoms in total.